The van der Waals surface area contributed by atoms with Crippen molar-refractivity contribution in [2.45, 2.75) is 52.4 Å². The zero-order valence-corrected chi connectivity index (χ0v) is 26.2. The Morgan fingerprint density at radius 1 is 0.732 bits per heavy atom. The summed E-state index contributed by atoms with van der Waals surface area (Å²) in [4.78, 5) is 18.4. The van der Waals surface area contributed by atoms with E-state index in [4.69, 9.17) is 14.7 Å². The smallest absolute Gasteiger partial charge is 0.458 e. The maximum Gasteiger partial charge on any atom is 2.00 e. The van der Waals surface area contributed by atoms with Crippen LogP contribution in [0.1, 0.15) is 52.7 Å². The van der Waals surface area contributed by atoms with Crippen LogP contribution in [0.4, 0.5) is 0 Å². The number of rotatable bonds is 4. The van der Waals surface area contributed by atoms with Crippen LogP contribution in [0, 0.1) is 12.1 Å². The van der Waals surface area contributed by atoms with Crippen molar-refractivity contribution in [2.75, 3.05) is 0 Å². The van der Waals surface area contributed by atoms with Gasteiger partial charge in [-0.15, -0.1) is 6.07 Å². The van der Waals surface area contributed by atoms with Crippen LogP contribution in [0.3, 0.4) is 0 Å². The largest absolute Gasteiger partial charge is 2.00 e. The predicted molar refractivity (Wildman–Crippen MR) is 159 cm³/mol. The monoisotopic (exact) mass is 720 g/mol. The van der Waals surface area contributed by atoms with Crippen molar-refractivity contribution in [1.82, 2.24) is 24.5 Å². The molecule has 0 aliphatic carbocycles. The minimum Gasteiger partial charge on any atom is -0.458 e. The van der Waals surface area contributed by atoms with Gasteiger partial charge in [-0.25, -0.2) is 21.1 Å². The minimum atomic E-state index is -0.0133. The molecular formula is C34H31N5OPt. The first-order chi connectivity index (χ1) is 19.1. The third kappa shape index (κ3) is 5.67. The molecule has 0 radical (unpaired) electrons. The van der Waals surface area contributed by atoms with Crippen molar-refractivity contribution in [2.24, 2.45) is 0 Å². The summed E-state index contributed by atoms with van der Waals surface area (Å²) in [5.41, 5.74) is 6.56. The Hall–Kier alpha value is -3.89. The molecule has 0 amide bonds. The average Bonchev–Trinajstić information content (AvgIpc) is 3.26. The van der Waals surface area contributed by atoms with E-state index in [2.05, 4.69) is 92.5 Å². The van der Waals surface area contributed by atoms with Crippen LogP contribution in [0.2, 0.25) is 0 Å². The van der Waals surface area contributed by atoms with E-state index in [1.807, 2.05) is 36.7 Å². The van der Waals surface area contributed by atoms with E-state index in [1.165, 1.54) is 5.56 Å². The Balaban J connectivity index is 0.00000337. The molecule has 7 heteroatoms. The van der Waals surface area contributed by atoms with Gasteiger partial charge in [0.05, 0.1) is 5.75 Å². The third-order valence-corrected chi connectivity index (χ3v) is 7.02. The summed E-state index contributed by atoms with van der Waals surface area (Å²) in [6.07, 6.45) is 8.83. The van der Waals surface area contributed by atoms with E-state index in [0.29, 0.717) is 11.6 Å². The van der Waals surface area contributed by atoms with E-state index < -0.39 is 0 Å². The second-order valence-electron chi connectivity index (χ2n) is 12.0. The maximum atomic E-state index is 6.07. The molecule has 0 atom stereocenters. The van der Waals surface area contributed by atoms with E-state index >= 15 is 0 Å². The van der Waals surface area contributed by atoms with Gasteiger partial charge in [-0.2, -0.15) is 6.07 Å². The standard InChI is InChI=1S/C34H31N5O.Pt/c1-33(2,3)24-11-13-36-30(17-24)39-28-10-8-7-9-27(28)32-29(39)16-23(20-38-32)22-15-26(21-35-19-22)40-31-18-25(12-14-37-31)34(4,5)6;/h7-14,17-21H,1-6H3;/q-2;+2. The van der Waals surface area contributed by atoms with Crippen LogP contribution in [0.25, 0.3) is 38.9 Å². The molecule has 0 aliphatic rings. The predicted octanol–water partition coefficient (Wildman–Crippen LogP) is 8.02. The summed E-state index contributed by atoms with van der Waals surface area (Å²) >= 11 is 0. The first-order valence-corrected chi connectivity index (χ1v) is 13.4. The molecule has 0 bridgehead atoms. The Morgan fingerprint density at radius 2 is 1.41 bits per heavy atom. The number of fused-ring (bicyclic) bond motifs is 3. The van der Waals surface area contributed by atoms with Gasteiger partial charge in [0.2, 0.25) is 5.88 Å². The van der Waals surface area contributed by atoms with Gasteiger partial charge >= 0.3 is 21.1 Å². The number of aromatic nitrogens is 5. The number of hydrogen-bond acceptors (Lipinski definition) is 5. The van der Waals surface area contributed by atoms with Crippen LogP contribution in [-0.4, -0.2) is 24.5 Å². The van der Waals surface area contributed by atoms with Gasteiger partial charge in [-0.1, -0.05) is 72.1 Å². The fourth-order valence-corrected chi connectivity index (χ4v) is 4.75. The molecule has 0 spiro atoms. The summed E-state index contributed by atoms with van der Waals surface area (Å²) in [7, 11) is 0. The van der Waals surface area contributed by atoms with E-state index in [1.54, 1.807) is 18.6 Å². The van der Waals surface area contributed by atoms with Crippen LogP contribution in [0.5, 0.6) is 11.6 Å². The normalized spacial score (nSPS) is 12.0. The average molecular weight is 721 g/mol. The van der Waals surface area contributed by atoms with E-state index in [9.17, 15) is 0 Å². The fraction of sp³-hybridized carbons (Fsp3) is 0.235. The molecule has 5 aromatic heterocycles. The summed E-state index contributed by atoms with van der Waals surface area (Å²) in [6.45, 7) is 13.1. The molecule has 0 N–H and O–H groups in total. The van der Waals surface area contributed by atoms with Crippen molar-refractivity contribution < 1.29 is 25.8 Å². The minimum absolute atomic E-state index is 0. The Morgan fingerprint density at radius 3 is 2.17 bits per heavy atom. The second kappa shape index (κ2) is 10.8. The molecule has 0 saturated carbocycles. The molecular weight excluding hydrogens is 689 g/mol. The van der Waals surface area contributed by atoms with Gasteiger partial charge in [-0.3, -0.25) is 0 Å². The Bertz CT molecular complexity index is 1860. The fourth-order valence-electron chi connectivity index (χ4n) is 4.75. The summed E-state index contributed by atoms with van der Waals surface area (Å²) in [5.74, 6) is 1.81. The van der Waals surface area contributed by atoms with E-state index in [0.717, 1.165) is 44.4 Å². The summed E-state index contributed by atoms with van der Waals surface area (Å²) in [6, 6.07) is 23.4. The molecule has 0 saturated heterocycles. The van der Waals surface area contributed by atoms with Gasteiger partial charge in [-0.05, 0) is 63.3 Å². The molecule has 208 valence electrons. The Labute approximate surface area is 255 Å². The SMILES string of the molecule is CC(C)(C)c1ccnc(Oc2[c-]c(-c3[c-]c4c(nc3)c3ccccc3n4-c3cc(C(C)(C)C)ccn3)cnc2)c1.[Pt+2]. The van der Waals surface area contributed by atoms with Crippen molar-refractivity contribution in [3.8, 4) is 28.6 Å². The van der Waals surface area contributed by atoms with Crippen molar-refractivity contribution in [3.63, 3.8) is 0 Å². The number of ether oxygens (including phenoxy) is 1. The molecule has 0 fully saturated rings. The maximum absolute atomic E-state index is 6.07. The van der Waals surface area contributed by atoms with Gasteiger partial charge in [0.1, 0.15) is 5.82 Å². The molecule has 5 heterocycles. The third-order valence-electron chi connectivity index (χ3n) is 7.02. The molecule has 6 aromatic rings. The van der Waals surface area contributed by atoms with Gasteiger partial charge in [0.15, 0.2) is 0 Å². The van der Waals surface area contributed by atoms with Crippen LogP contribution in [0.15, 0.2) is 79.5 Å². The zero-order chi connectivity index (χ0) is 28.1. The molecule has 0 aliphatic heterocycles. The molecule has 0 unspecified atom stereocenters. The topological polar surface area (TPSA) is 65.7 Å². The van der Waals surface area contributed by atoms with Crippen LogP contribution < -0.4 is 4.74 Å². The molecule has 41 heavy (non-hydrogen) atoms. The van der Waals surface area contributed by atoms with Crippen molar-refractivity contribution in [1.29, 1.82) is 0 Å². The van der Waals surface area contributed by atoms with Gasteiger partial charge in [0.25, 0.3) is 0 Å². The van der Waals surface area contributed by atoms with Crippen LogP contribution >= 0.6 is 0 Å². The van der Waals surface area contributed by atoms with Crippen LogP contribution in [-0.2, 0) is 31.9 Å². The summed E-state index contributed by atoms with van der Waals surface area (Å²) < 4.78 is 8.20. The quantitative estimate of drug-likeness (QED) is 0.173. The number of para-hydroxylation sites is 1. The first-order valence-electron chi connectivity index (χ1n) is 13.4. The van der Waals surface area contributed by atoms with Crippen molar-refractivity contribution in [3.05, 3.63) is 103 Å². The van der Waals surface area contributed by atoms with E-state index in [-0.39, 0.29) is 31.9 Å². The number of hydrogen-bond donors (Lipinski definition) is 0. The molecule has 1 aromatic carbocycles. The van der Waals surface area contributed by atoms with Crippen molar-refractivity contribution >= 4 is 21.9 Å². The number of nitrogens with zero attached hydrogens (tertiary/aromatic N) is 5. The number of benzene rings is 1. The molecule has 6 rings (SSSR count). The number of pyridine rings is 4. The molecule has 6 nitrogen and oxygen atoms in total. The van der Waals surface area contributed by atoms with Gasteiger partial charge < -0.3 is 19.3 Å². The Kier molecular flexibility index (Phi) is 7.56. The first kappa shape index (κ1) is 28.6. The second-order valence-corrected chi connectivity index (χ2v) is 12.0. The van der Waals surface area contributed by atoms with Gasteiger partial charge in [0, 0.05) is 29.5 Å². The zero-order valence-electron chi connectivity index (χ0n) is 24.0. The summed E-state index contributed by atoms with van der Waals surface area (Å²) in [5, 5.41) is 1.05.